The largest absolute Gasteiger partial charge is 0.493 e. The standard InChI is InChI=1S/C16H16F3NO4/c1-10(21)3-5-12-8-23-15(20-12)11-4-6-13(22-2)14(7-11)24-9-16(17,18)19/h4,6-8H,3,5,9H2,1-2H3. The van der Waals surface area contributed by atoms with Gasteiger partial charge in [0, 0.05) is 12.0 Å². The van der Waals surface area contributed by atoms with Crippen molar-refractivity contribution in [1.82, 2.24) is 4.98 Å². The number of hydrogen-bond donors (Lipinski definition) is 0. The van der Waals surface area contributed by atoms with Crippen molar-refractivity contribution in [3.63, 3.8) is 0 Å². The van der Waals surface area contributed by atoms with E-state index in [1.807, 2.05) is 0 Å². The third-order valence-corrected chi connectivity index (χ3v) is 3.09. The molecule has 0 unspecified atom stereocenters. The highest BCUT2D eigenvalue weighted by molar-refractivity contribution is 5.75. The Kier molecular flexibility index (Phi) is 5.48. The van der Waals surface area contributed by atoms with Gasteiger partial charge in [0.2, 0.25) is 5.89 Å². The number of methoxy groups -OCH3 is 1. The summed E-state index contributed by atoms with van der Waals surface area (Å²) in [6.07, 6.45) is -2.26. The van der Waals surface area contributed by atoms with Crippen molar-refractivity contribution in [3.8, 4) is 23.0 Å². The zero-order chi connectivity index (χ0) is 17.7. The fraction of sp³-hybridized carbons (Fsp3) is 0.375. The maximum atomic E-state index is 12.3. The first-order chi connectivity index (χ1) is 11.3. The molecule has 1 aromatic heterocycles. The van der Waals surface area contributed by atoms with Crippen LogP contribution in [0.1, 0.15) is 19.0 Å². The van der Waals surface area contributed by atoms with Crippen molar-refractivity contribution in [1.29, 1.82) is 0 Å². The van der Waals surface area contributed by atoms with Gasteiger partial charge in [0.15, 0.2) is 18.1 Å². The first kappa shape index (κ1) is 17.8. The lowest BCUT2D eigenvalue weighted by Crippen LogP contribution is -2.19. The summed E-state index contributed by atoms with van der Waals surface area (Å²) < 4.78 is 52.1. The van der Waals surface area contributed by atoms with Crippen LogP contribution in [0.25, 0.3) is 11.5 Å². The van der Waals surface area contributed by atoms with Crippen molar-refractivity contribution < 1.29 is 31.9 Å². The predicted octanol–water partition coefficient (Wildman–Crippen LogP) is 3.81. The molecule has 0 fully saturated rings. The van der Waals surface area contributed by atoms with Gasteiger partial charge in [-0.2, -0.15) is 13.2 Å². The molecular formula is C16H16F3NO4. The number of Topliss-reactive ketones (excluding diaryl/α,β-unsaturated/α-hetero) is 1. The first-order valence-electron chi connectivity index (χ1n) is 7.10. The zero-order valence-corrected chi connectivity index (χ0v) is 13.1. The average Bonchev–Trinajstić information content (AvgIpc) is 2.99. The second kappa shape index (κ2) is 7.37. The lowest BCUT2D eigenvalue weighted by Gasteiger charge is -2.13. The minimum Gasteiger partial charge on any atom is -0.493 e. The summed E-state index contributed by atoms with van der Waals surface area (Å²) in [6, 6.07) is 4.44. The highest BCUT2D eigenvalue weighted by Gasteiger charge is 2.29. The van der Waals surface area contributed by atoms with Gasteiger partial charge in [0.25, 0.3) is 0 Å². The van der Waals surface area contributed by atoms with Crippen molar-refractivity contribution in [2.24, 2.45) is 0 Å². The molecule has 1 aromatic carbocycles. The predicted molar refractivity (Wildman–Crippen MR) is 79.0 cm³/mol. The van der Waals surface area contributed by atoms with E-state index in [-0.39, 0.29) is 23.2 Å². The SMILES string of the molecule is COc1ccc(-c2nc(CCC(C)=O)co2)cc1OCC(F)(F)F. The third kappa shape index (κ3) is 5.00. The maximum Gasteiger partial charge on any atom is 0.422 e. The van der Waals surface area contributed by atoms with Crippen molar-refractivity contribution in [2.75, 3.05) is 13.7 Å². The van der Waals surface area contributed by atoms with E-state index in [0.717, 1.165) is 0 Å². The van der Waals surface area contributed by atoms with E-state index in [4.69, 9.17) is 13.9 Å². The van der Waals surface area contributed by atoms with Crippen LogP contribution in [0.15, 0.2) is 28.9 Å². The third-order valence-electron chi connectivity index (χ3n) is 3.09. The molecule has 0 aliphatic rings. The van der Waals surface area contributed by atoms with E-state index < -0.39 is 12.8 Å². The number of ether oxygens (including phenoxy) is 2. The van der Waals surface area contributed by atoms with Crippen molar-refractivity contribution in [2.45, 2.75) is 25.9 Å². The second-order valence-electron chi connectivity index (χ2n) is 5.12. The van der Waals surface area contributed by atoms with Crippen LogP contribution < -0.4 is 9.47 Å². The molecule has 2 aromatic rings. The van der Waals surface area contributed by atoms with E-state index in [9.17, 15) is 18.0 Å². The van der Waals surface area contributed by atoms with Crippen LogP contribution in [-0.2, 0) is 11.2 Å². The van der Waals surface area contributed by atoms with Crippen LogP contribution in [0.3, 0.4) is 0 Å². The highest BCUT2D eigenvalue weighted by Crippen LogP contribution is 2.33. The number of oxazole rings is 1. The zero-order valence-electron chi connectivity index (χ0n) is 13.1. The van der Waals surface area contributed by atoms with Gasteiger partial charge in [-0.1, -0.05) is 0 Å². The van der Waals surface area contributed by atoms with Crippen molar-refractivity contribution >= 4 is 5.78 Å². The molecular weight excluding hydrogens is 327 g/mol. The molecule has 5 nitrogen and oxygen atoms in total. The minimum atomic E-state index is -4.45. The molecule has 24 heavy (non-hydrogen) atoms. The summed E-state index contributed by atoms with van der Waals surface area (Å²) in [7, 11) is 1.33. The number of rotatable bonds is 7. The average molecular weight is 343 g/mol. The van der Waals surface area contributed by atoms with Crippen LogP contribution in [0, 0.1) is 0 Å². The fourth-order valence-electron chi connectivity index (χ4n) is 1.94. The molecule has 0 atom stereocenters. The number of carbonyl (C=O) groups is 1. The number of hydrogen-bond acceptors (Lipinski definition) is 5. The number of halogens is 3. The topological polar surface area (TPSA) is 61.6 Å². The van der Waals surface area contributed by atoms with Gasteiger partial charge in [-0.3, -0.25) is 0 Å². The number of aryl methyl sites for hydroxylation is 1. The quantitative estimate of drug-likeness (QED) is 0.765. The van der Waals surface area contributed by atoms with Crippen LogP contribution in [0.5, 0.6) is 11.5 Å². The number of benzene rings is 1. The maximum absolute atomic E-state index is 12.3. The first-order valence-corrected chi connectivity index (χ1v) is 7.10. The molecule has 0 saturated carbocycles. The lowest BCUT2D eigenvalue weighted by molar-refractivity contribution is -0.153. The van der Waals surface area contributed by atoms with Gasteiger partial charge in [0.1, 0.15) is 12.0 Å². The summed E-state index contributed by atoms with van der Waals surface area (Å²) in [5.74, 6) is 0.377. The van der Waals surface area contributed by atoms with Gasteiger partial charge in [-0.15, -0.1) is 0 Å². The normalized spacial score (nSPS) is 11.4. The molecule has 0 N–H and O–H groups in total. The lowest BCUT2D eigenvalue weighted by atomic mass is 10.2. The number of aromatic nitrogens is 1. The van der Waals surface area contributed by atoms with Crippen LogP contribution >= 0.6 is 0 Å². The van der Waals surface area contributed by atoms with Crippen LogP contribution in [0.2, 0.25) is 0 Å². The number of alkyl halides is 3. The van der Waals surface area contributed by atoms with E-state index >= 15 is 0 Å². The van der Waals surface area contributed by atoms with Gasteiger partial charge < -0.3 is 18.7 Å². The molecule has 0 saturated heterocycles. The minimum absolute atomic E-state index is 0.0341. The van der Waals surface area contributed by atoms with Gasteiger partial charge >= 0.3 is 6.18 Å². The Bertz CT molecular complexity index is 710. The molecule has 2 rings (SSSR count). The van der Waals surface area contributed by atoms with E-state index in [2.05, 4.69) is 4.98 Å². The summed E-state index contributed by atoms with van der Waals surface area (Å²) in [5, 5.41) is 0. The van der Waals surface area contributed by atoms with Crippen LogP contribution in [0.4, 0.5) is 13.2 Å². The Morgan fingerprint density at radius 3 is 2.67 bits per heavy atom. The Balaban J connectivity index is 2.20. The van der Waals surface area contributed by atoms with E-state index in [1.54, 1.807) is 6.07 Å². The molecule has 8 heteroatoms. The van der Waals surface area contributed by atoms with Crippen LogP contribution in [-0.4, -0.2) is 30.7 Å². The van der Waals surface area contributed by atoms with E-state index in [1.165, 1.54) is 32.4 Å². The summed E-state index contributed by atoms with van der Waals surface area (Å²) in [5.41, 5.74) is 1.04. The molecule has 1 heterocycles. The molecule has 0 aliphatic carbocycles. The molecule has 0 bridgehead atoms. The molecule has 0 aliphatic heterocycles. The number of ketones is 1. The van der Waals surface area contributed by atoms with Gasteiger partial charge in [-0.05, 0) is 31.5 Å². The molecule has 130 valence electrons. The monoisotopic (exact) mass is 343 g/mol. The molecule has 0 spiro atoms. The number of carbonyl (C=O) groups excluding carboxylic acids is 1. The van der Waals surface area contributed by atoms with E-state index in [0.29, 0.717) is 24.1 Å². The molecule has 0 amide bonds. The number of nitrogens with zero attached hydrogens (tertiary/aromatic N) is 1. The summed E-state index contributed by atoms with van der Waals surface area (Å²) >= 11 is 0. The Morgan fingerprint density at radius 1 is 1.29 bits per heavy atom. The van der Waals surface area contributed by atoms with Gasteiger partial charge in [0.05, 0.1) is 12.8 Å². The van der Waals surface area contributed by atoms with Gasteiger partial charge in [-0.25, -0.2) is 4.98 Å². The smallest absolute Gasteiger partial charge is 0.422 e. The summed E-state index contributed by atoms with van der Waals surface area (Å²) in [4.78, 5) is 15.2. The highest BCUT2D eigenvalue weighted by atomic mass is 19.4. The van der Waals surface area contributed by atoms with Crippen molar-refractivity contribution in [3.05, 3.63) is 30.2 Å². The Morgan fingerprint density at radius 2 is 2.04 bits per heavy atom. The fourth-order valence-corrected chi connectivity index (χ4v) is 1.94. The molecule has 0 radical (unpaired) electrons. The second-order valence-corrected chi connectivity index (χ2v) is 5.12. The Labute approximate surface area is 136 Å². The Hall–Kier alpha value is -2.51. The summed E-state index contributed by atoms with van der Waals surface area (Å²) in [6.45, 7) is 0.0526.